The topological polar surface area (TPSA) is 60.1 Å². The van der Waals surface area contributed by atoms with Crippen molar-refractivity contribution >= 4 is 0 Å². The molecule has 28 heavy (non-hydrogen) atoms. The van der Waals surface area contributed by atoms with Gasteiger partial charge in [0.25, 0.3) is 0 Å². The Hall–Kier alpha value is -1.12. The van der Waals surface area contributed by atoms with Crippen LogP contribution in [0.1, 0.15) is 65.2 Å². The van der Waals surface area contributed by atoms with E-state index in [4.69, 9.17) is 18.9 Å². The molecule has 3 rings (SSSR count). The molecule has 0 saturated carbocycles. The summed E-state index contributed by atoms with van der Waals surface area (Å²) in [5.74, 6) is 12.2. The second-order valence-corrected chi connectivity index (χ2v) is 8.16. The average molecular weight is 391 g/mol. The Bertz CT molecular complexity index is 566. The van der Waals surface area contributed by atoms with Gasteiger partial charge in [-0.15, -0.1) is 10.3 Å². The first kappa shape index (κ1) is 21.6. The van der Waals surface area contributed by atoms with Crippen molar-refractivity contribution in [1.82, 2.24) is 5.06 Å². The van der Waals surface area contributed by atoms with Gasteiger partial charge in [-0.05, 0) is 65.2 Å². The lowest BCUT2D eigenvalue weighted by Crippen LogP contribution is -2.46. The summed E-state index contributed by atoms with van der Waals surface area (Å²) in [5.41, 5.74) is -1.49. The molecule has 0 N–H and O–H groups in total. The summed E-state index contributed by atoms with van der Waals surface area (Å²) in [6, 6.07) is 0. The first-order valence-electron chi connectivity index (χ1n) is 10.5. The second kappa shape index (κ2) is 10.1. The van der Waals surface area contributed by atoms with Crippen LogP contribution in [0.2, 0.25) is 0 Å². The van der Waals surface area contributed by atoms with Gasteiger partial charge in [0.15, 0.2) is 12.6 Å². The van der Waals surface area contributed by atoms with E-state index < -0.39 is 11.1 Å². The number of hydrogen-bond donors (Lipinski definition) is 0. The van der Waals surface area contributed by atoms with Gasteiger partial charge in [0.05, 0.1) is 0 Å². The number of hydroxylamine groups is 2. The van der Waals surface area contributed by atoms with Gasteiger partial charge >= 0.3 is 0 Å². The Kier molecular flexibility index (Phi) is 7.77. The molecule has 1 radical (unpaired) electrons. The molecule has 6 heteroatoms. The molecule has 4 atom stereocenters. The third kappa shape index (κ3) is 5.70. The van der Waals surface area contributed by atoms with E-state index in [1.54, 1.807) is 0 Å². The van der Waals surface area contributed by atoms with Gasteiger partial charge in [0, 0.05) is 13.2 Å². The van der Waals surface area contributed by atoms with Crippen LogP contribution in [0.3, 0.4) is 0 Å². The molecule has 6 nitrogen and oxygen atoms in total. The lowest BCUT2D eigenvalue weighted by molar-refractivity contribution is -0.224. The summed E-state index contributed by atoms with van der Waals surface area (Å²) >= 11 is 0. The maximum Gasteiger partial charge on any atom is 0.158 e. The van der Waals surface area contributed by atoms with E-state index in [1.165, 1.54) is 0 Å². The molecule has 3 aliphatic rings. The van der Waals surface area contributed by atoms with Crippen LogP contribution in [-0.4, -0.2) is 55.1 Å². The normalized spacial score (nSPS) is 36.2. The summed E-state index contributed by atoms with van der Waals surface area (Å²) in [5, 5.41) is 14.0. The summed E-state index contributed by atoms with van der Waals surface area (Å²) in [6.07, 6.45) is 7.29. The molecule has 0 bridgehead atoms. The molecule has 155 valence electrons. The predicted molar refractivity (Wildman–Crippen MR) is 103 cm³/mol. The van der Waals surface area contributed by atoms with E-state index in [2.05, 4.69) is 23.7 Å². The van der Waals surface area contributed by atoms with E-state index in [-0.39, 0.29) is 25.8 Å². The van der Waals surface area contributed by atoms with Crippen LogP contribution >= 0.6 is 0 Å². The zero-order valence-electron chi connectivity index (χ0n) is 17.1. The summed E-state index contributed by atoms with van der Waals surface area (Å²) in [6.45, 7) is 5.82. The SMILES string of the molecule is C[C@]1(C#CCOC2CCCCO2)CC[C@@](C)(C#CCOC2CCCCO2)N1[O]. The minimum atomic E-state index is -0.743. The Balaban J connectivity index is 1.47. The predicted octanol–water partition coefficient (Wildman–Crippen LogP) is 3.04. The molecule has 3 saturated heterocycles. The molecule has 2 unspecified atom stereocenters. The zero-order valence-corrected chi connectivity index (χ0v) is 17.1. The summed E-state index contributed by atoms with van der Waals surface area (Å²) in [7, 11) is 0. The average Bonchev–Trinajstić information content (AvgIpc) is 2.95. The number of hydrogen-bond acceptors (Lipinski definition) is 5. The molecule has 0 aromatic rings. The van der Waals surface area contributed by atoms with Crippen molar-refractivity contribution in [2.24, 2.45) is 0 Å². The third-order valence-corrected chi connectivity index (χ3v) is 5.67. The van der Waals surface area contributed by atoms with Crippen LogP contribution in [-0.2, 0) is 24.2 Å². The number of ether oxygens (including phenoxy) is 4. The molecule has 0 aromatic heterocycles. The lowest BCUT2D eigenvalue weighted by atomic mass is 9.99. The molecule has 0 aromatic carbocycles. The summed E-state index contributed by atoms with van der Waals surface area (Å²) in [4.78, 5) is 0. The highest BCUT2D eigenvalue weighted by atomic mass is 16.7. The quantitative estimate of drug-likeness (QED) is 0.691. The smallest absolute Gasteiger partial charge is 0.158 e. The van der Waals surface area contributed by atoms with E-state index in [0.29, 0.717) is 12.8 Å². The molecule has 3 heterocycles. The van der Waals surface area contributed by atoms with Crippen LogP contribution in [0.4, 0.5) is 0 Å². The number of nitrogens with zero attached hydrogens (tertiary/aromatic N) is 1. The molecular formula is C22H32NO5. The molecule has 0 amide bonds. The van der Waals surface area contributed by atoms with E-state index in [0.717, 1.165) is 56.8 Å². The van der Waals surface area contributed by atoms with E-state index in [9.17, 15) is 5.21 Å². The first-order valence-corrected chi connectivity index (χ1v) is 10.5. The van der Waals surface area contributed by atoms with Crippen molar-refractivity contribution in [3.8, 4) is 23.7 Å². The molecule has 0 aliphatic carbocycles. The highest BCUT2D eigenvalue weighted by molar-refractivity contribution is 5.27. The van der Waals surface area contributed by atoms with Crippen molar-refractivity contribution in [3.63, 3.8) is 0 Å². The van der Waals surface area contributed by atoms with Crippen molar-refractivity contribution < 1.29 is 24.2 Å². The molecule has 3 aliphatic heterocycles. The molecular weight excluding hydrogens is 358 g/mol. The second-order valence-electron chi connectivity index (χ2n) is 8.16. The monoisotopic (exact) mass is 390 g/mol. The Morgan fingerprint density at radius 1 is 0.857 bits per heavy atom. The van der Waals surface area contributed by atoms with E-state index >= 15 is 0 Å². The van der Waals surface area contributed by atoms with Crippen LogP contribution in [0, 0.1) is 23.7 Å². The molecule has 3 fully saturated rings. The van der Waals surface area contributed by atoms with Crippen LogP contribution in [0.15, 0.2) is 0 Å². The fourth-order valence-electron chi connectivity index (χ4n) is 3.87. The highest BCUT2D eigenvalue weighted by Gasteiger charge is 2.49. The van der Waals surface area contributed by atoms with Crippen molar-refractivity contribution in [3.05, 3.63) is 0 Å². The van der Waals surface area contributed by atoms with Crippen molar-refractivity contribution in [1.29, 1.82) is 0 Å². The van der Waals surface area contributed by atoms with Crippen LogP contribution < -0.4 is 0 Å². The van der Waals surface area contributed by atoms with Gasteiger partial charge in [-0.1, -0.05) is 23.7 Å². The van der Waals surface area contributed by atoms with Gasteiger partial charge in [0.1, 0.15) is 24.3 Å². The van der Waals surface area contributed by atoms with Gasteiger partial charge in [-0.2, -0.15) is 0 Å². The minimum absolute atomic E-state index is 0.160. The van der Waals surface area contributed by atoms with Crippen molar-refractivity contribution in [2.45, 2.75) is 88.9 Å². The minimum Gasteiger partial charge on any atom is -0.353 e. The first-order chi connectivity index (χ1) is 13.5. The van der Waals surface area contributed by atoms with E-state index in [1.807, 2.05) is 13.8 Å². The van der Waals surface area contributed by atoms with Gasteiger partial charge in [0.2, 0.25) is 0 Å². The Morgan fingerprint density at radius 2 is 1.32 bits per heavy atom. The van der Waals surface area contributed by atoms with Crippen LogP contribution in [0.25, 0.3) is 0 Å². The maximum atomic E-state index is 12.9. The maximum absolute atomic E-state index is 12.9. The standard InChI is InChI=1S/C22H32NO5/c1-21(11-7-17-27-19-9-3-5-15-25-19)13-14-22(2,23(21)24)12-8-18-28-20-10-4-6-16-26-20/h19-20H,3-6,9-10,13-18H2,1-2H3/t19?,20?,21-,22+. The number of rotatable bonds is 4. The molecule has 0 spiro atoms. The van der Waals surface area contributed by atoms with Gasteiger partial charge < -0.3 is 18.9 Å². The van der Waals surface area contributed by atoms with Gasteiger partial charge in [-0.3, -0.25) is 0 Å². The summed E-state index contributed by atoms with van der Waals surface area (Å²) < 4.78 is 22.3. The Morgan fingerprint density at radius 3 is 1.71 bits per heavy atom. The van der Waals surface area contributed by atoms with Crippen molar-refractivity contribution in [2.75, 3.05) is 26.4 Å². The lowest BCUT2D eigenvalue weighted by Gasteiger charge is -2.30. The Labute approximate surface area is 168 Å². The highest BCUT2D eigenvalue weighted by Crippen LogP contribution is 2.39. The van der Waals surface area contributed by atoms with Gasteiger partial charge in [-0.25, -0.2) is 0 Å². The zero-order chi connectivity index (χ0) is 19.9. The third-order valence-electron chi connectivity index (χ3n) is 5.67. The fraction of sp³-hybridized carbons (Fsp3) is 0.818. The fourth-order valence-corrected chi connectivity index (χ4v) is 3.87. The van der Waals surface area contributed by atoms with Crippen LogP contribution in [0.5, 0.6) is 0 Å². The largest absolute Gasteiger partial charge is 0.353 e.